The third-order valence-electron chi connectivity index (χ3n) is 3.74. The van der Waals surface area contributed by atoms with E-state index in [0.717, 1.165) is 54.5 Å². The van der Waals surface area contributed by atoms with Gasteiger partial charge in [-0.3, -0.25) is 4.79 Å². The minimum Gasteiger partial charge on any atom is -0.380 e. The number of methoxy groups -OCH3 is 1. The predicted octanol–water partition coefficient (Wildman–Crippen LogP) is 2.28. The average molecular weight is 266 g/mol. The predicted molar refractivity (Wildman–Crippen MR) is 71.6 cm³/mol. The lowest BCUT2D eigenvalue weighted by atomic mass is 10.0. The first-order valence-electron chi connectivity index (χ1n) is 6.58. The summed E-state index contributed by atoms with van der Waals surface area (Å²) in [6.45, 7) is 1.93. The van der Waals surface area contributed by atoms with Crippen LogP contribution in [0.3, 0.4) is 0 Å². The van der Waals surface area contributed by atoms with Crippen LogP contribution < -0.4 is 4.90 Å². The van der Waals surface area contributed by atoms with E-state index < -0.39 is 0 Å². The first-order valence-corrected chi connectivity index (χ1v) is 7.40. The molecule has 2 heterocycles. The molecule has 1 aromatic rings. The van der Waals surface area contributed by atoms with E-state index in [2.05, 4.69) is 9.88 Å². The molecule has 1 unspecified atom stereocenters. The molecule has 1 fully saturated rings. The van der Waals surface area contributed by atoms with Crippen LogP contribution in [0.5, 0.6) is 0 Å². The molecule has 1 aliphatic carbocycles. The van der Waals surface area contributed by atoms with Crippen molar-refractivity contribution in [3.63, 3.8) is 0 Å². The molecule has 0 aromatic carbocycles. The highest BCUT2D eigenvalue weighted by atomic mass is 32.1. The Morgan fingerprint density at radius 2 is 2.28 bits per heavy atom. The standard InChI is InChI=1S/C13H18N2O2S/c1-17-9-4-3-7-15(8-9)13-14-10-5-2-6-11(16)12(10)18-13/h9H,2-8H2,1H3. The van der Waals surface area contributed by atoms with Gasteiger partial charge < -0.3 is 9.64 Å². The van der Waals surface area contributed by atoms with Crippen LogP contribution in [0.15, 0.2) is 0 Å². The number of anilines is 1. The van der Waals surface area contributed by atoms with E-state index in [1.807, 2.05) is 0 Å². The maximum absolute atomic E-state index is 11.8. The maximum atomic E-state index is 11.8. The summed E-state index contributed by atoms with van der Waals surface area (Å²) in [5, 5.41) is 1.01. The Kier molecular flexibility index (Phi) is 3.35. The zero-order valence-corrected chi connectivity index (χ0v) is 11.5. The highest BCUT2D eigenvalue weighted by molar-refractivity contribution is 7.17. The molecule has 1 aliphatic heterocycles. The van der Waals surface area contributed by atoms with Gasteiger partial charge in [0.1, 0.15) is 0 Å². The van der Waals surface area contributed by atoms with Crippen molar-refractivity contribution < 1.29 is 9.53 Å². The van der Waals surface area contributed by atoms with Crippen molar-refractivity contribution in [2.75, 3.05) is 25.1 Å². The van der Waals surface area contributed by atoms with Crippen molar-refractivity contribution >= 4 is 22.3 Å². The molecule has 5 heteroatoms. The second-order valence-corrected chi connectivity index (χ2v) is 5.97. The quantitative estimate of drug-likeness (QED) is 0.823. The van der Waals surface area contributed by atoms with E-state index >= 15 is 0 Å². The molecule has 0 saturated carbocycles. The molecular weight excluding hydrogens is 248 g/mol. The molecule has 0 radical (unpaired) electrons. The lowest BCUT2D eigenvalue weighted by Gasteiger charge is -2.31. The second-order valence-electron chi connectivity index (χ2n) is 4.99. The van der Waals surface area contributed by atoms with Crippen LogP contribution in [0.4, 0.5) is 5.13 Å². The van der Waals surface area contributed by atoms with E-state index in [1.165, 1.54) is 0 Å². The van der Waals surface area contributed by atoms with Gasteiger partial charge in [0.15, 0.2) is 10.9 Å². The Labute approximate surface area is 111 Å². The number of ether oxygens (including phenoxy) is 1. The molecule has 1 saturated heterocycles. The van der Waals surface area contributed by atoms with Gasteiger partial charge in [-0.25, -0.2) is 4.98 Å². The molecule has 0 N–H and O–H groups in total. The summed E-state index contributed by atoms with van der Waals surface area (Å²) in [7, 11) is 1.77. The molecule has 3 rings (SSSR count). The summed E-state index contributed by atoms with van der Waals surface area (Å²) < 4.78 is 5.43. The number of hydrogen-bond donors (Lipinski definition) is 0. The van der Waals surface area contributed by atoms with Gasteiger partial charge in [0.25, 0.3) is 0 Å². The van der Waals surface area contributed by atoms with E-state index in [0.29, 0.717) is 12.5 Å². The van der Waals surface area contributed by atoms with E-state index in [9.17, 15) is 4.79 Å². The zero-order valence-electron chi connectivity index (χ0n) is 10.6. The normalized spacial score (nSPS) is 24.2. The summed E-state index contributed by atoms with van der Waals surface area (Å²) in [6, 6.07) is 0. The lowest BCUT2D eigenvalue weighted by molar-refractivity contribution is 0.0893. The Morgan fingerprint density at radius 1 is 1.39 bits per heavy atom. The molecule has 18 heavy (non-hydrogen) atoms. The zero-order chi connectivity index (χ0) is 12.5. The Hall–Kier alpha value is -0.940. The van der Waals surface area contributed by atoms with Crippen LogP contribution in [0, 0.1) is 0 Å². The van der Waals surface area contributed by atoms with Crippen LogP contribution in [-0.2, 0) is 11.2 Å². The van der Waals surface area contributed by atoms with Gasteiger partial charge in [-0.05, 0) is 25.7 Å². The number of ketones is 1. The summed E-state index contributed by atoms with van der Waals surface area (Å²) in [5.74, 6) is 0.278. The highest BCUT2D eigenvalue weighted by Gasteiger charge is 2.26. The number of Topliss-reactive ketones (excluding diaryl/α,β-unsaturated/α-hetero) is 1. The molecule has 98 valence electrons. The minimum atomic E-state index is 0.278. The fraction of sp³-hybridized carbons (Fsp3) is 0.692. The number of rotatable bonds is 2. The smallest absolute Gasteiger partial charge is 0.186 e. The number of aryl methyl sites for hydroxylation is 1. The average Bonchev–Trinajstić information content (AvgIpc) is 2.84. The maximum Gasteiger partial charge on any atom is 0.186 e. The van der Waals surface area contributed by atoms with Gasteiger partial charge in [0.05, 0.1) is 16.7 Å². The number of aromatic nitrogens is 1. The van der Waals surface area contributed by atoms with Crippen molar-refractivity contribution in [1.82, 2.24) is 4.98 Å². The number of piperidine rings is 1. The van der Waals surface area contributed by atoms with Gasteiger partial charge in [0.2, 0.25) is 0 Å². The Balaban J connectivity index is 1.82. The number of thiazole rings is 1. The summed E-state index contributed by atoms with van der Waals surface area (Å²) in [4.78, 5) is 19.7. The summed E-state index contributed by atoms with van der Waals surface area (Å²) in [5.41, 5.74) is 1.02. The number of carbonyl (C=O) groups excluding carboxylic acids is 1. The molecule has 0 spiro atoms. The van der Waals surface area contributed by atoms with Crippen LogP contribution in [0.2, 0.25) is 0 Å². The SMILES string of the molecule is COC1CCCN(c2nc3c(s2)C(=O)CCC3)C1. The van der Waals surface area contributed by atoms with Crippen LogP contribution in [-0.4, -0.2) is 37.1 Å². The van der Waals surface area contributed by atoms with Gasteiger partial charge in [-0.2, -0.15) is 0 Å². The molecule has 4 nitrogen and oxygen atoms in total. The van der Waals surface area contributed by atoms with Gasteiger partial charge in [0, 0.05) is 26.6 Å². The third kappa shape index (κ3) is 2.17. The Bertz CT molecular complexity index is 458. The first kappa shape index (κ1) is 12.1. The van der Waals surface area contributed by atoms with Crippen molar-refractivity contribution in [3.8, 4) is 0 Å². The van der Waals surface area contributed by atoms with Crippen molar-refractivity contribution in [1.29, 1.82) is 0 Å². The molecule has 1 atom stereocenters. The molecule has 1 aromatic heterocycles. The van der Waals surface area contributed by atoms with Crippen molar-refractivity contribution in [2.24, 2.45) is 0 Å². The lowest BCUT2D eigenvalue weighted by Crippen LogP contribution is -2.39. The summed E-state index contributed by atoms with van der Waals surface area (Å²) >= 11 is 1.57. The van der Waals surface area contributed by atoms with E-state index in [4.69, 9.17) is 4.74 Å². The molecule has 0 amide bonds. The molecular formula is C13H18N2O2S. The monoisotopic (exact) mass is 266 g/mol. The van der Waals surface area contributed by atoms with Crippen molar-refractivity contribution in [2.45, 2.75) is 38.2 Å². The summed E-state index contributed by atoms with van der Waals surface area (Å²) in [6.07, 6.45) is 5.16. The van der Waals surface area contributed by atoms with Crippen LogP contribution in [0.25, 0.3) is 0 Å². The molecule has 2 aliphatic rings. The highest BCUT2D eigenvalue weighted by Crippen LogP contribution is 2.33. The Morgan fingerprint density at radius 3 is 3.06 bits per heavy atom. The third-order valence-corrected chi connectivity index (χ3v) is 4.94. The second kappa shape index (κ2) is 4.97. The fourth-order valence-electron chi connectivity index (χ4n) is 2.70. The van der Waals surface area contributed by atoms with Crippen LogP contribution in [0.1, 0.15) is 41.0 Å². The van der Waals surface area contributed by atoms with Crippen LogP contribution >= 0.6 is 11.3 Å². The number of carbonyl (C=O) groups is 1. The van der Waals surface area contributed by atoms with Crippen molar-refractivity contribution in [3.05, 3.63) is 10.6 Å². The van der Waals surface area contributed by atoms with Gasteiger partial charge in [-0.15, -0.1) is 0 Å². The minimum absolute atomic E-state index is 0.278. The number of fused-ring (bicyclic) bond motifs is 1. The van der Waals surface area contributed by atoms with Gasteiger partial charge >= 0.3 is 0 Å². The topological polar surface area (TPSA) is 42.4 Å². The first-order chi connectivity index (χ1) is 8.78. The van der Waals surface area contributed by atoms with E-state index in [1.54, 1.807) is 18.4 Å². The fourth-order valence-corrected chi connectivity index (χ4v) is 3.81. The number of nitrogens with zero attached hydrogens (tertiary/aromatic N) is 2. The van der Waals surface area contributed by atoms with E-state index in [-0.39, 0.29) is 5.78 Å². The van der Waals surface area contributed by atoms with Gasteiger partial charge in [-0.1, -0.05) is 11.3 Å². The molecule has 0 bridgehead atoms. The largest absolute Gasteiger partial charge is 0.380 e. The number of hydrogen-bond acceptors (Lipinski definition) is 5.